The molecule has 210 valence electrons. The summed E-state index contributed by atoms with van der Waals surface area (Å²) < 4.78 is 6.68. The van der Waals surface area contributed by atoms with E-state index in [2.05, 4.69) is 127 Å². The number of hydrogen-bond donors (Lipinski definition) is 0. The lowest BCUT2D eigenvalue weighted by Crippen LogP contribution is -1.96. The molecule has 9 aromatic rings. The number of furan rings is 1. The van der Waals surface area contributed by atoms with Crippen molar-refractivity contribution in [3.05, 3.63) is 158 Å². The van der Waals surface area contributed by atoms with E-state index in [-0.39, 0.29) is 0 Å². The van der Waals surface area contributed by atoms with Gasteiger partial charge in [0.05, 0.1) is 22.4 Å². The maximum atomic E-state index is 6.68. The monoisotopic (exact) mass is 574 g/mol. The van der Waals surface area contributed by atoms with Crippen LogP contribution in [0.2, 0.25) is 0 Å². The maximum Gasteiger partial charge on any atom is 0.143 e. The van der Waals surface area contributed by atoms with E-state index in [1.165, 1.54) is 16.5 Å². The zero-order valence-corrected chi connectivity index (χ0v) is 24.3. The number of fused-ring (bicyclic) bond motifs is 6. The molecule has 2 heterocycles. The van der Waals surface area contributed by atoms with Gasteiger partial charge in [0.25, 0.3) is 0 Å². The molecule has 0 spiro atoms. The van der Waals surface area contributed by atoms with Gasteiger partial charge in [0.1, 0.15) is 11.2 Å². The molecule has 0 aliphatic heterocycles. The van der Waals surface area contributed by atoms with Crippen LogP contribution in [-0.4, -0.2) is 9.97 Å². The van der Waals surface area contributed by atoms with Crippen molar-refractivity contribution in [1.82, 2.24) is 9.97 Å². The van der Waals surface area contributed by atoms with Crippen molar-refractivity contribution in [2.75, 3.05) is 0 Å². The highest BCUT2D eigenvalue weighted by Crippen LogP contribution is 2.44. The van der Waals surface area contributed by atoms with E-state index >= 15 is 0 Å². The molecule has 0 aliphatic rings. The lowest BCUT2D eigenvalue weighted by Gasteiger charge is -2.13. The molecule has 0 saturated heterocycles. The number of rotatable bonds is 4. The summed E-state index contributed by atoms with van der Waals surface area (Å²) in [7, 11) is 0. The Hall–Kier alpha value is -6.06. The van der Waals surface area contributed by atoms with Crippen molar-refractivity contribution in [1.29, 1.82) is 0 Å². The van der Waals surface area contributed by atoms with Gasteiger partial charge in [0.15, 0.2) is 0 Å². The second-order valence-corrected chi connectivity index (χ2v) is 11.3. The summed E-state index contributed by atoms with van der Waals surface area (Å²) in [6.07, 6.45) is 0. The highest BCUT2D eigenvalue weighted by molar-refractivity contribution is 6.22. The van der Waals surface area contributed by atoms with Crippen LogP contribution in [0.25, 0.3) is 88.5 Å². The first-order chi connectivity index (χ1) is 22.3. The van der Waals surface area contributed by atoms with E-state index in [0.29, 0.717) is 0 Å². The van der Waals surface area contributed by atoms with Gasteiger partial charge in [-0.25, -0.2) is 9.97 Å². The van der Waals surface area contributed by atoms with Crippen molar-refractivity contribution in [3.8, 4) is 44.8 Å². The standard InChI is InChI=1S/C42H26N2O/c1-3-13-27(14-4-1)29-17-11-18-30(25-29)40-41(44-37-23-10-9-22-36(37)43-40)33-21-12-24-38-39(33)35-26-34(28-15-5-2-6-16-28)31-19-7-8-20-32(31)42(35)45-38/h1-26H. The fourth-order valence-electron chi connectivity index (χ4n) is 6.57. The molecule has 9 rings (SSSR count). The molecule has 0 fully saturated rings. The minimum atomic E-state index is 0.830. The van der Waals surface area contributed by atoms with Gasteiger partial charge in [-0.1, -0.05) is 127 Å². The van der Waals surface area contributed by atoms with Crippen molar-refractivity contribution >= 4 is 43.7 Å². The quantitative estimate of drug-likeness (QED) is 0.210. The lowest BCUT2D eigenvalue weighted by atomic mass is 9.93. The Morgan fingerprint density at radius 1 is 0.378 bits per heavy atom. The van der Waals surface area contributed by atoms with Crippen LogP contribution in [-0.2, 0) is 0 Å². The molecule has 7 aromatic carbocycles. The third kappa shape index (κ3) is 4.21. The molecule has 0 saturated carbocycles. The number of aromatic nitrogens is 2. The van der Waals surface area contributed by atoms with Crippen LogP contribution < -0.4 is 0 Å². The molecule has 0 aliphatic carbocycles. The highest BCUT2D eigenvalue weighted by Gasteiger charge is 2.21. The number of hydrogen-bond acceptors (Lipinski definition) is 3. The fourth-order valence-corrected chi connectivity index (χ4v) is 6.57. The Labute approximate surface area is 260 Å². The van der Waals surface area contributed by atoms with Crippen LogP contribution in [0.3, 0.4) is 0 Å². The Morgan fingerprint density at radius 3 is 1.76 bits per heavy atom. The second kappa shape index (κ2) is 10.3. The second-order valence-electron chi connectivity index (χ2n) is 11.3. The van der Waals surface area contributed by atoms with Gasteiger partial charge in [-0.05, 0) is 58.0 Å². The molecule has 0 N–H and O–H groups in total. The van der Waals surface area contributed by atoms with E-state index in [9.17, 15) is 0 Å². The Morgan fingerprint density at radius 2 is 0.978 bits per heavy atom. The van der Waals surface area contributed by atoms with Gasteiger partial charge in [0.2, 0.25) is 0 Å². The summed E-state index contributed by atoms with van der Waals surface area (Å²) in [4.78, 5) is 10.5. The first kappa shape index (κ1) is 25.4. The average Bonchev–Trinajstić information content (AvgIpc) is 3.51. The van der Waals surface area contributed by atoms with Gasteiger partial charge >= 0.3 is 0 Å². The van der Waals surface area contributed by atoms with Gasteiger partial charge in [0, 0.05) is 27.3 Å². The number of nitrogens with zero attached hydrogens (tertiary/aromatic N) is 2. The maximum absolute atomic E-state index is 6.68. The van der Waals surface area contributed by atoms with Crippen molar-refractivity contribution in [2.24, 2.45) is 0 Å². The molecular formula is C42H26N2O. The zero-order chi connectivity index (χ0) is 29.7. The molecular weight excluding hydrogens is 548 g/mol. The van der Waals surface area contributed by atoms with Crippen LogP contribution in [0.4, 0.5) is 0 Å². The topological polar surface area (TPSA) is 38.9 Å². The molecule has 0 atom stereocenters. The van der Waals surface area contributed by atoms with Gasteiger partial charge in [-0.2, -0.15) is 0 Å². The minimum absolute atomic E-state index is 0.830. The van der Waals surface area contributed by atoms with Gasteiger partial charge in [-0.15, -0.1) is 0 Å². The molecule has 0 radical (unpaired) electrons. The smallest absolute Gasteiger partial charge is 0.143 e. The van der Waals surface area contributed by atoms with Gasteiger partial charge in [-0.3, -0.25) is 0 Å². The summed E-state index contributed by atoms with van der Waals surface area (Å²) in [5.74, 6) is 0. The van der Waals surface area contributed by atoms with Crippen molar-refractivity contribution in [2.45, 2.75) is 0 Å². The SMILES string of the molecule is c1ccc(-c2cccc(-c3nc4ccccc4nc3-c3cccc4oc5c6ccccc6c(-c6ccccc6)cc5c34)c2)cc1. The van der Waals surface area contributed by atoms with Crippen molar-refractivity contribution < 1.29 is 4.42 Å². The highest BCUT2D eigenvalue weighted by atomic mass is 16.3. The summed E-state index contributed by atoms with van der Waals surface area (Å²) in [5, 5.41) is 4.37. The van der Waals surface area contributed by atoms with E-state index < -0.39 is 0 Å². The molecule has 3 heteroatoms. The molecule has 45 heavy (non-hydrogen) atoms. The van der Waals surface area contributed by atoms with Crippen LogP contribution >= 0.6 is 0 Å². The van der Waals surface area contributed by atoms with E-state index in [0.717, 1.165) is 72.0 Å². The Bertz CT molecular complexity index is 2530. The van der Waals surface area contributed by atoms with E-state index in [1.807, 2.05) is 30.3 Å². The first-order valence-electron chi connectivity index (χ1n) is 15.2. The van der Waals surface area contributed by atoms with Crippen LogP contribution in [0.1, 0.15) is 0 Å². The lowest BCUT2D eigenvalue weighted by molar-refractivity contribution is 0.673. The minimum Gasteiger partial charge on any atom is -0.455 e. The normalized spacial score (nSPS) is 11.6. The third-order valence-electron chi connectivity index (χ3n) is 8.66. The van der Waals surface area contributed by atoms with Crippen LogP contribution in [0, 0.1) is 0 Å². The zero-order valence-electron chi connectivity index (χ0n) is 24.3. The molecule has 0 bridgehead atoms. The average molecular weight is 575 g/mol. The fraction of sp³-hybridized carbons (Fsp3) is 0. The van der Waals surface area contributed by atoms with Crippen LogP contribution in [0.5, 0.6) is 0 Å². The molecule has 0 unspecified atom stereocenters. The first-order valence-corrected chi connectivity index (χ1v) is 15.2. The molecule has 0 amide bonds. The van der Waals surface area contributed by atoms with E-state index in [1.54, 1.807) is 0 Å². The summed E-state index contributed by atoms with van der Waals surface area (Å²) in [5.41, 5.74) is 11.8. The number of para-hydroxylation sites is 2. The molecule has 3 nitrogen and oxygen atoms in total. The van der Waals surface area contributed by atoms with Gasteiger partial charge < -0.3 is 4.42 Å². The number of benzene rings is 7. The van der Waals surface area contributed by atoms with E-state index in [4.69, 9.17) is 14.4 Å². The summed E-state index contributed by atoms with van der Waals surface area (Å²) in [6.45, 7) is 0. The van der Waals surface area contributed by atoms with Crippen molar-refractivity contribution in [3.63, 3.8) is 0 Å². The Kier molecular flexibility index (Phi) is 5.82. The predicted molar refractivity (Wildman–Crippen MR) is 186 cm³/mol. The van der Waals surface area contributed by atoms with Crippen LogP contribution in [0.15, 0.2) is 162 Å². The summed E-state index contributed by atoms with van der Waals surface area (Å²) >= 11 is 0. The Balaban J connectivity index is 1.36. The third-order valence-corrected chi connectivity index (χ3v) is 8.66. The summed E-state index contributed by atoms with van der Waals surface area (Å²) in [6, 6.07) is 54.8. The predicted octanol–water partition coefficient (Wildman–Crippen LogP) is 11.4. The largest absolute Gasteiger partial charge is 0.455 e. The molecule has 2 aromatic heterocycles.